The Balaban J connectivity index is 2.08. The van der Waals surface area contributed by atoms with Gasteiger partial charge in [-0.2, -0.15) is 0 Å². The molecule has 0 bridgehead atoms. The fourth-order valence-electron chi connectivity index (χ4n) is 1.93. The molecule has 1 fully saturated rings. The molecule has 1 aromatic rings. The van der Waals surface area contributed by atoms with Crippen LogP contribution < -0.4 is 4.72 Å². The number of nitrogens with one attached hydrogen (secondary N) is 1. The van der Waals surface area contributed by atoms with Gasteiger partial charge in [0, 0.05) is 6.04 Å². The largest absolute Gasteiger partial charge is 0.393 e. The molecule has 0 radical (unpaired) electrons. The van der Waals surface area contributed by atoms with Gasteiger partial charge in [-0.1, -0.05) is 11.6 Å². The molecule has 2 rings (SSSR count). The van der Waals surface area contributed by atoms with Gasteiger partial charge >= 0.3 is 0 Å². The third kappa shape index (κ3) is 3.46. The Morgan fingerprint density at radius 3 is 2.50 bits per heavy atom. The van der Waals surface area contributed by atoms with Crippen LogP contribution in [0.5, 0.6) is 0 Å². The second kappa shape index (κ2) is 5.76. The molecule has 18 heavy (non-hydrogen) atoms. The zero-order chi connectivity index (χ0) is 13.3. The number of thiophene rings is 1. The van der Waals surface area contributed by atoms with E-state index in [1.165, 1.54) is 6.07 Å². The predicted molar refractivity (Wildman–Crippen MR) is 75.6 cm³/mol. The highest BCUT2D eigenvalue weighted by Crippen LogP contribution is 2.34. The van der Waals surface area contributed by atoms with Crippen LogP contribution in [0.1, 0.15) is 25.7 Å². The Labute approximate surface area is 124 Å². The van der Waals surface area contributed by atoms with Crippen LogP contribution in [0.25, 0.3) is 0 Å². The molecule has 0 aliphatic heterocycles. The molecule has 1 saturated carbocycles. The van der Waals surface area contributed by atoms with E-state index in [1.807, 2.05) is 0 Å². The van der Waals surface area contributed by atoms with Crippen molar-refractivity contribution in [1.29, 1.82) is 0 Å². The molecule has 1 aromatic heterocycles. The van der Waals surface area contributed by atoms with Gasteiger partial charge in [0.25, 0.3) is 0 Å². The molecule has 0 unspecified atom stereocenters. The molecule has 0 spiro atoms. The van der Waals surface area contributed by atoms with E-state index < -0.39 is 10.0 Å². The highest BCUT2D eigenvalue weighted by atomic mass is 79.9. The topological polar surface area (TPSA) is 66.4 Å². The van der Waals surface area contributed by atoms with E-state index in [2.05, 4.69) is 20.7 Å². The average Bonchev–Trinajstić information content (AvgIpc) is 2.63. The highest BCUT2D eigenvalue weighted by Gasteiger charge is 2.26. The third-order valence-electron chi connectivity index (χ3n) is 2.91. The number of sulfonamides is 1. The minimum Gasteiger partial charge on any atom is -0.393 e. The van der Waals surface area contributed by atoms with Crippen molar-refractivity contribution in [3.63, 3.8) is 0 Å². The second-order valence-corrected chi connectivity index (χ2v) is 9.03. The predicted octanol–water partition coefficient (Wildman–Crippen LogP) is 2.75. The van der Waals surface area contributed by atoms with Crippen molar-refractivity contribution < 1.29 is 13.5 Å². The SMILES string of the molecule is O=S(=O)(NC1CCC(O)CC1)c1cc(Cl)c(Br)s1. The summed E-state index contributed by atoms with van der Waals surface area (Å²) in [6.45, 7) is 0. The summed E-state index contributed by atoms with van der Waals surface area (Å²) in [4.78, 5) is 0. The molecular weight excluding hydrogens is 362 g/mol. The van der Waals surface area contributed by atoms with Gasteiger partial charge in [-0.3, -0.25) is 0 Å². The minimum atomic E-state index is -3.51. The average molecular weight is 375 g/mol. The smallest absolute Gasteiger partial charge is 0.250 e. The van der Waals surface area contributed by atoms with E-state index in [0.29, 0.717) is 34.5 Å². The van der Waals surface area contributed by atoms with Gasteiger partial charge < -0.3 is 5.11 Å². The van der Waals surface area contributed by atoms with Crippen molar-refractivity contribution in [3.05, 3.63) is 14.9 Å². The summed E-state index contributed by atoms with van der Waals surface area (Å²) in [5.41, 5.74) is 0. The highest BCUT2D eigenvalue weighted by molar-refractivity contribution is 9.11. The maximum Gasteiger partial charge on any atom is 0.250 e. The molecule has 1 heterocycles. The van der Waals surface area contributed by atoms with Crippen molar-refractivity contribution in [2.45, 2.75) is 42.0 Å². The number of aliphatic hydroxyl groups is 1. The van der Waals surface area contributed by atoms with Crippen LogP contribution in [-0.2, 0) is 10.0 Å². The van der Waals surface area contributed by atoms with Crippen molar-refractivity contribution >= 4 is 48.9 Å². The summed E-state index contributed by atoms with van der Waals surface area (Å²) >= 11 is 10.1. The lowest BCUT2D eigenvalue weighted by molar-refractivity contribution is 0.120. The number of hydrogen-bond acceptors (Lipinski definition) is 4. The molecule has 0 amide bonds. The van der Waals surface area contributed by atoms with Crippen molar-refractivity contribution in [2.75, 3.05) is 0 Å². The first-order chi connectivity index (χ1) is 8.38. The van der Waals surface area contributed by atoms with Crippen LogP contribution >= 0.6 is 38.9 Å². The zero-order valence-electron chi connectivity index (χ0n) is 9.40. The van der Waals surface area contributed by atoms with Gasteiger partial charge in [0.1, 0.15) is 4.21 Å². The van der Waals surface area contributed by atoms with Crippen molar-refractivity contribution in [3.8, 4) is 0 Å². The molecule has 8 heteroatoms. The summed E-state index contributed by atoms with van der Waals surface area (Å²) in [7, 11) is -3.51. The quantitative estimate of drug-likeness (QED) is 0.855. The van der Waals surface area contributed by atoms with Gasteiger partial charge in [-0.25, -0.2) is 13.1 Å². The van der Waals surface area contributed by atoms with Crippen LogP contribution in [0.4, 0.5) is 0 Å². The van der Waals surface area contributed by atoms with E-state index in [1.54, 1.807) is 0 Å². The molecule has 0 saturated heterocycles. The van der Waals surface area contributed by atoms with Gasteiger partial charge in [0.15, 0.2) is 0 Å². The Kier molecular flexibility index (Phi) is 4.72. The Bertz CT molecular complexity index is 504. The molecule has 0 atom stereocenters. The molecule has 0 aromatic carbocycles. The van der Waals surface area contributed by atoms with E-state index in [-0.39, 0.29) is 16.4 Å². The van der Waals surface area contributed by atoms with Crippen LogP contribution in [-0.4, -0.2) is 25.7 Å². The summed E-state index contributed by atoms with van der Waals surface area (Å²) in [5, 5.41) is 9.79. The summed E-state index contributed by atoms with van der Waals surface area (Å²) in [5.74, 6) is 0. The minimum absolute atomic E-state index is 0.0990. The van der Waals surface area contributed by atoms with Crippen molar-refractivity contribution in [1.82, 2.24) is 4.72 Å². The van der Waals surface area contributed by atoms with Crippen LogP contribution in [0, 0.1) is 0 Å². The first kappa shape index (κ1) is 14.7. The van der Waals surface area contributed by atoms with E-state index >= 15 is 0 Å². The Hall–Kier alpha value is 0.340. The monoisotopic (exact) mass is 373 g/mol. The first-order valence-electron chi connectivity index (χ1n) is 5.54. The Morgan fingerprint density at radius 1 is 1.39 bits per heavy atom. The lowest BCUT2D eigenvalue weighted by atomic mass is 9.94. The first-order valence-corrected chi connectivity index (χ1v) is 9.01. The van der Waals surface area contributed by atoms with Crippen LogP contribution in [0.2, 0.25) is 5.02 Å². The molecule has 4 nitrogen and oxygen atoms in total. The molecule has 102 valence electrons. The maximum absolute atomic E-state index is 12.1. The number of hydrogen-bond donors (Lipinski definition) is 2. The number of aliphatic hydroxyl groups excluding tert-OH is 1. The van der Waals surface area contributed by atoms with E-state index in [0.717, 1.165) is 11.3 Å². The Morgan fingerprint density at radius 2 is 2.00 bits per heavy atom. The molecule has 1 aliphatic carbocycles. The van der Waals surface area contributed by atoms with Crippen LogP contribution in [0.15, 0.2) is 14.1 Å². The maximum atomic E-state index is 12.1. The van der Waals surface area contributed by atoms with Gasteiger partial charge in [0.05, 0.1) is 14.9 Å². The standard InChI is InChI=1S/C10H13BrClNO3S2/c11-10-8(12)5-9(17-10)18(15,16)13-6-1-3-7(14)4-2-6/h5-7,13-14H,1-4H2. The molecule has 2 N–H and O–H groups in total. The summed E-state index contributed by atoms with van der Waals surface area (Å²) < 4.78 is 27.7. The fraction of sp³-hybridized carbons (Fsp3) is 0.600. The van der Waals surface area contributed by atoms with E-state index in [4.69, 9.17) is 11.6 Å². The van der Waals surface area contributed by atoms with Gasteiger partial charge in [-0.05, 0) is 47.7 Å². The van der Waals surface area contributed by atoms with Crippen molar-refractivity contribution in [2.24, 2.45) is 0 Å². The number of halogens is 2. The summed E-state index contributed by atoms with van der Waals surface area (Å²) in [6.07, 6.45) is 2.32. The number of rotatable bonds is 3. The lowest BCUT2D eigenvalue weighted by Gasteiger charge is -2.25. The fourth-order valence-corrected chi connectivity index (χ4v) is 5.65. The summed E-state index contributed by atoms with van der Waals surface area (Å²) in [6, 6.07) is 1.34. The van der Waals surface area contributed by atoms with E-state index in [9.17, 15) is 13.5 Å². The normalized spacial score (nSPS) is 25.3. The zero-order valence-corrected chi connectivity index (χ0v) is 13.4. The molecular formula is C10H13BrClNO3S2. The third-order valence-corrected chi connectivity index (χ3v) is 7.37. The van der Waals surface area contributed by atoms with Crippen LogP contribution in [0.3, 0.4) is 0 Å². The van der Waals surface area contributed by atoms with Gasteiger partial charge in [-0.15, -0.1) is 11.3 Å². The second-order valence-electron chi connectivity index (χ2n) is 4.31. The van der Waals surface area contributed by atoms with Gasteiger partial charge in [0.2, 0.25) is 10.0 Å². The molecule has 1 aliphatic rings. The lowest BCUT2D eigenvalue weighted by Crippen LogP contribution is -2.38.